The Morgan fingerprint density at radius 1 is 0.367 bits per heavy atom. The molecule has 0 aliphatic heterocycles. The Bertz CT molecular complexity index is 272. The highest BCUT2D eigenvalue weighted by molar-refractivity contribution is 4.45. The van der Waals surface area contributed by atoms with Gasteiger partial charge in [0.1, 0.15) is 0 Å². The zero-order valence-corrected chi connectivity index (χ0v) is 19.2. The average molecular weight is 440 g/mol. The van der Waals surface area contributed by atoms with Crippen LogP contribution in [0.4, 0.5) is 0 Å². The first kappa shape index (κ1) is 29.6. The highest BCUT2D eigenvalue weighted by Crippen LogP contribution is 1.85. The molecule has 0 bridgehead atoms. The van der Waals surface area contributed by atoms with Gasteiger partial charge < -0.3 is 43.2 Å². The van der Waals surface area contributed by atoms with Crippen LogP contribution in [0.3, 0.4) is 0 Å². The summed E-state index contributed by atoms with van der Waals surface area (Å²) in [5.74, 6) is 0. The van der Waals surface area contributed by atoms with E-state index in [2.05, 4.69) is 12.2 Å². The third kappa shape index (κ3) is 27.6. The summed E-state index contributed by atoms with van der Waals surface area (Å²) in [7, 11) is 0. The molecule has 0 aromatic heterocycles. The van der Waals surface area contributed by atoms with Crippen LogP contribution in [0.1, 0.15) is 20.3 Å². The van der Waals surface area contributed by atoms with E-state index in [0.29, 0.717) is 92.5 Å². The summed E-state index contributed by atoms with van der Waals surface area (Å²) >= 11 is 0. The molecule has 0 amide bonds. The Labute approximate surface area is 182 Å². The maximum atomic E-state index is 5.49. The standard InChI is InChI=1S/C21H45NO8/c1-3-7-24-12-15-28-20-21-30-17-14-26-9-6-22-5-8-25-13-16-29-19-18-27-11-10-23-4-2/h22H,3-21H2,1-2H3. The van der Waals surface area contributed by atoms with E-state index in [9.17, 15) is 0 Å². The van der Waals surface area contributed by atoms with E-state index in [4.69, 9.17) is 37.9 Å². The van der Waals surface area contributed by atoms with E-state index >= 15 is 0 Å². The molecule has 30 heavy (non-hydrogen) atoms. The Balaban J connectivity index is 2.97. The van der Waals surface area contributed by atoms with Crippen LogP contribution >= 0.6 is 0 Å². The lowest BCUT2D eigenvalue weighted by molar-refractivity contribution is -0.00252. The number of nitrogens with one attached hydrogen (secondary N) is 1. The van der Waals surface area contributed by atoms with Crippen molar-refractivity contribution in [3.8, 4) is 0 Å². The molecule has 0 saturated heterocycles. The molecule has 0 saturated carbocycles. The molecule has 0 aliphatic carbocycles. The average Bonchev–Trinajstić information content (AvgIpc) is 2.76. The summed E-state index contributed by atoms with van der Waals surface area (Å²) in [5, 5.41) is 3.27. The van der Waals surface area contributed by atoms with Gasteiger partial charge in [-0.15, -0.1) is 0 Å². The van der Waals surface area contributed by atoms with Crippen molar-refractivity contribution in [3.63, 3.8) is 0 Å². The van der Waals surface area contributed by atoms with E-state index in [-0.39, 0.29) is 0 Å². The summed E-state index contributed by atoms with van der Waals surface area (Å²) < 4.78 is 43.1. The lowest BCUT2D eigenvalue weighted by Gasteiger charge is -2.09. The molecule has 0 spiro atoms. The van der Waals surface area contributed by atoms with Gasteiger partial charge in [0.25, 0.3) is 0 Å². The second-order valence-electron chi connectivity index (χ2n) is 6.23. The fraction of sp³-hybridized carbons (Fsp3) is 1.00. The van der Waals surface area contributed by atoms with Crippen LogP contribution in [0.5, 0.6) is 0 Å². The smallest absolute Gasteiger partial charge is 0.0701 e. The van der Waals surface area contributed by atoms with E-state index < -0.39 is 0 Å². The minimum atomic E-state index is 0.579. The van der Waals surface area contributed by atoms with Gasteiger partial charge >= 0.3 is 0 Å². The summed E-state index contributed by atoms with van der Waals surface area (Å²) in [6, 6.07) is 0. The van der Waals surface area contributed by atoms with Crippen LogP contribution < -0.4 is 5.32 Å². The van der Waals surface area contributed by atoms with E-state index in [1.165, 1.54) is 0 Å². The maximum absolute atomic E-state index is 5.49. The van der Waals surface area contributed by atoms with Crippen molar-refractivity contribution in [3.05, 3.63) is 0 Å². The first-order valence-corrected chi connectivity index (χ1v) is 11.2. The van der Waals surface area contributed by atoms with Crippen LogP contribution in [0.2, 0.25) is 0 Å². The fourth-order valence-electron chi connectivity index (χ4n) is 2.12. The fourth-order valence-corrected chi connectivity index (χ4v) is 2.12. The first-order valence-electron chi connectivity index (χ1n) is 11.2. The second kappa shape index (κ2) is 28.6. The Morgan fingerprint density at radius 2 is 0.667 bits per heavy atom. The van der Waals surface area contributed by atoms with Gasteiger partial charge in [0.05, 0.1) is 92.5 Å². The molecular weight excluding hydrogens is 394 g/mol. The molecule has 0 radical (unpaired) electrons. The Morgan fingerprint density at radius 3 is 1.00 bits per heavy atom. The topological polar surface area (TPSA) is 85.9 Å². The molecule has 182 valence electrons. The molecule has 0 heterocycles. The van der Waals surface area contributed by atoms with Gasteiger partial charge in [-0.1, -0.05) is 6.92 Å². The van der Waals surface area contributed by atoms with E-state index in [1.807, 2.05) is 6.92 Å². The predicted molar refractivity (Wildman–Crippen MR) is 115 cm³/mol. The minimum absolute atomic E-state index is 0.579. The second-order valence-corrected chi connectivity index (χ2v) is 6.23. The Hall–Kier alpha value is -0.360. The number of ether oxygens (including phenoxy) is 8. The van der Waals surface area contributed by atoms with Crippen molar-refractivity contribution in [2.24, 2.45) is 0 Å². The molecule has 1 N–H and O–H groups in total. The van der Waals surface area contributed by atoms with E-state index in [1.54, 1.807) is 0 Å². The maximum Gasteiger partial charge on any atom is 0.0701 e. The van der Waals surface area contributed by atoms with Gasteiger partial charge in [0.2, 0.25) is 0 Å². The van der Waals surface area contributed by atoms with Gasteiger partial charge in [0, 0.05) is 26.3 Å². The van der Waals surface area contributed by atoms with Crippen LogP contribution in [0.25, 0.3) is 0 Å². The van der Waals surface area contributed by atoms with Crippen molar-refractivity contribution in [1.29, 1.82) is 0 Å². The highest BCUT2D eigenvalue weighted by atomic mass is 16.6. The van der Waals surface area contributed by atoms with Crippen LogP contribution in [-0.4, -0.2) is 119 Å². The first-order chi connectivity index (χ1) is 14.9. The van der Waals surface area contributed by atoms with E-state index in [0.717, 1.165) is 32.7 Å². The van der Waals surface area contributed by atoms with Crippen molar-refractivity contribution in [1.82, 2.24) is 5.32 Å². The number of hydrogen-bond acceptors (Lipinski definition) is 9. The monoisotopic (exact) mass is 439 g/mol. The van der Waals surface area contributed by atoms with Crippen molar-refractivity contribution in [2.45, 2.75) is 20.3 Å². The molecule has 0 unspecified atom stereocenters. The van der Waals surface area contributed by atoms with Gasteiger partial charge in [0.15, 0.2) is 0 Å². The molecule has 9 nitrogen and oxygen atoms in total. The zero-order chi connectivity index (χ0) is 21.8. The largest absolute Gasteiger partial charge is 0.379 e. The Kier molecular flexibility index (Phi) is 28.3. The molecule has 0 fully saturated rings. The molecule has 9 heteroatoms. The van der Waals surface area contributed by atoms with Crippen molar-refractivity contribution < 1.29 is 37.9 Å². The molecule has 0 aromatic rings. The van der Waals surface area contributed by atoms with Gasteiger partial charge in [-0.05, 0) is 13.3 Å². The normalized spacial score (nSPS) is 11.4. The third-order valence-corrected chi connectivity index (χ3v) is 3.63. The lowest BCUT2D eigenvalue weighted by Crippen LogP contribution is -2.25. The third-order valence-electron chi connectivity index (χ3n) is 3.63. The highest BCUT2D eigenvalue weighted by Gasteiger charge is 1.94. The van der Waals surface area contributed by atoms with Gasteiger partial charge in [-0.3, -0.25) is 0 Å². The number of rotatable bonds is 27. The summed E-state index contributed by atoms with van der Waals surface area (Å²) in [6.45, 7) is 15.6. The minimum Gasteiger partial charge on any atom is -0.379 e. The summed E-state index contributed by atoms with van der Waals surface area (Å²) in [6.07, 6.45) is 1.04. The predicted octanol–water partition coefficient (Wildman–Crippen LogP) is 1.14. The molecule has 0 atom stereocenters. The SMILES string of the molecule is CCCOCCOCCOCCOCCNCCOCCOCCOCCOCC. The van der Waals surface area contributed by atoms with Crippen LogP contribution in [0.15, 0.2) is 0 Å². The van der Waals surface area contributed by atoms with Crippen LogP contribution in [-0.2, 0) is 37.9 Å². The molecular formula is C21H45NO8. The van der Waals surface area contributed by atoms with Crippen molar-refractivity contribution in [2.75, 3.05) is 119 Å². The van der Waals surface area contributed by atoms with Crippen molar-refractivity contribution >= 4 is 0 Å². The lowest BCUT2D eigenvalue weighted by atomic mass is 10.5. The van der Waals surface area contributed by atoms with Crippen LogP contribution in [0, 0.1) is 0 Å². The van der Waals surface area contributed by atoms with Gasteiger partial charge in [-0.2, -0.15) is 0 Å². The molecule has 0 aromatic carbocycles. The number of hydrogen-bond donors (Lipinski definition) is 1. The quantitative estimate of drug-likeness (QED) is 0.189. The summed E-state index contributed by atoms with van der Waals surface area (Å²) in [4.78, 5) is 0. The zero-order valence-electron chi connectivity index (χ0n) is 19.2. The molecule has 0 rings (SSSR count). The summed E-state index contributed by atoms with van der Waals surface area (Å²) in [5.41, 5.74) is 0. The van der Waals surface area contributed by atoms with Gasteiger partial charge in [-0.25, -0.2) is 0 Å². The molecule has 0 aliphatic rings.